The minimum atomic E-state index is -4.09. The number of amides is 1. The van der Waals surface area contributed by atoms with Gasteiger partial charge in [-0.25, -0.2) is 0 Å². The lowest BCUT2D eigenvalue weighted by Gasteiger charge is -2.35. The second-order valence-electron chi connectivity index (χ2n) is 11.2. The molecule has 1 amide bonds. The van der Waals surface area contributed by atoms with Crippen molar-refractivity contribution >= 4 is 5.91 Å². The number of nitrogens with one attached hydrogen (secondary N) is 1. The number of hydrogen-bond donors (Lipinski definition) is 1. The van der Waals surface area contributed by atoms with Gasteiger partial charge in [-0.3, -0.25) is 14.7 Å². The summed E-state index contributed by atoms with van der Waals surface area (Å²) < 4.78 is 45.0. The number of carbonyl (C=O) groups is 1. The number of hydrogen-bond acceptors (Lipinski definition) is 4. The molecule has 1 aromatic carbocycles. The van der Waals surface area contributed by atoms with E-state index >= 15 is 0 Å². The van der Waals surface area contributed by atoms with Crippen LogP contribution >= 0.6 is 0 Å². The Morgan fingerprint density at radius 2 is 1.84 bits per heavy atom. The lowest BCUT2D eigenvalue weighted by Crippen LogP contribution is -2.35. The van der Waals surface area contributed by atoms with Crippen LogP contribution in [-0.2, 0) is 11.3 Å². The van der Waals surface area contributed by atoms with Gasteiger partial charge >= 0.3 is 6.18 Å². The molecule has 5 nitrogen and oxygen atoms in total. The van der Waals surface area contributed by atoms with Gasteiger partial charge in [0.15, 0.2) is 0 Å². The number of pyridine rings is 1. The lowest BCUT2D eigenvalue weighted by molar-refractivity contribution is -0.184. The molecule has 2 heterocycles. The highest BCUT2D eigenvalue weighted by Crippen LogP contribution is 2.43. The summed E-state index contributed by atoms with van der Waals surface area (Å²) in [6, 6.07) is 9.81. The Kier molecular flexibility index (Phi) is 9.14. The smallest absolute Gasteiger partial charge is 0.379 e. The molecule has 8 heteroatoms. The molecule has 2 atom stereocenters. The molecule has 0 saturated heterocycles. The monoisotopic (exact) mass is 531 g/mol. The quantitative estimate of drug-likeness (QED) is 0.388. The Bertz CT molecular complexity index is 1080. The fourth-order valence-electron chi connectivity index (χ4n) is 5.94. The van der Waals surface area contributed by atoms with E-state index in [1.165, 1.54) is 0 Å². The molecule has 0 bridgehead atoms. The molecular weight excluding hydrogens is 491 g/mol. The third kappa shape index (κ3) is 6.75. The SMILES string of the molecule is CCOC[C@H](NC(=O)c1cnc2c(c1)CN(CC1CCC(C(F)(F)F)CC1)[C@H]2C(C)C)c1ccc(C)cc1. The maximum Gasteiger partial charge on any atom is 0.391 e. The number of aryl methyl sites for hydroxylation is 1. The van der Waals surface area contributed by atoms with Crippen LogP contribution in [0.2, 0.25) is 0 Å². The number of aromatic nitrogens is 1. The minimum absolute atomic E-state index is 0.0979. The van der Waals surface area contributed by atoms with Crippen molar-refractivity contribution in [2.45, 2.75) is 78.2 Å². The molecule has 1 saturated carbocycles. The first-order chi connectivity index (χ1) is 18.1. The van der Waals surface area contributed by atoms with Crippen LogP contribution in [0.1, 0.15) is 91.3 Å². The highest BCUT2D eigenvalue weighted by Gasteiger charge is 2.42. The molecule has 1 aromatic heterocycles. The van der Waals surface area contributed by atoms with Crippen molar-refractivity contribution < 1.29 is 22.7 Å². The zero-order valence-electron chi connectivity index (χ0n) is 22.9. The summed E-state index contributed by atoms with van der Waals surface area (Å²) in [5.74, 6) is -0.812. The van der Waals surface area contributed by atoms with Crippen molar-refractivity contribution in [1.29, 1.82) is 0 Å². The molecule has 1 fully saturated rings. The molecule has 208 valence electrons. The molecule has 2 aliphatic rings. The van der Waals surface area contributed by atoms with Crippen LogP contribution < -0.4 is 5.32 Å². The average Bonchev–Trinajstić information content (AvgIpc) is 3.24. The number of carbonyl (C=O) groups excluding carboxylic acids is 1. The highest BCUT2D eigenvalue weighted by atomic mass is 19.4. The van der Waals surface area contributed by atoms with E-state index in [-0.39, 0.29) is 36.8 Å². The zero-order chi connectivity index (χ0) is 27.4. The molecule has 1 aliphatic carbocycles. The van der Waals surface area contributed by atoms with Crippen molar-refractivity contribution in [3.8, 4) is 0 Å². The van der Waals surface area contributed by atoms with Gasteiger partial charge in [-0.2, -0.15) is 13.2 Å². The third-order valence-corrected chi connectivity index (χ3v) is 8.02. The van der Waals surface area contributed by atoms with Gasteiger partial charge in [0, 0.05) is 25.9 Å². The van der Waals surface area contributed by atoms with Crippen LogP contribution in [0.4, 0.5) is 13.2 Å². The number of fused-ring (bicyclic) bond motifs is 1. The van der Waals surface area contributed by atoms with E-state index in [1.54, 1.807) is 6.20 Å². The fraction of sp³-hybridized carbons (Fsp3) is 0.600. The van der Waals surface area contributed by atoms with Crippen LogP contribution in [0.25, 0.3) is 0 Å². The molecular formula is C30H40F3N3O2. The topological polar surface area (TPSA) is 54.5 Å². The van der Waals surface area contributed by atoms with Crippen molar-refractivity contribution in [1.82, 2.24) is 15.2 Å². The van der Waals surface area contributed by atoms with Gasteiger partial charge in [-0.1, -0.05) is 43.7 Å². The molecule has 4 rings (SSSR count). The minimum Gasteiger partial charge on any atom is -0.379 e. The van der Waals surface area contributed by atoms with Crippen LogP contribution in [0.3, 0.4) is 0 Å². The second kappa shape index (κ2) is 12.2. The number of ether oxygens (including phenoxy) is 1. The first-order valence-electron chi connectivity index (χ1n) is 13.8. The van der Waals surface area contributed by atoms with Gasteiger partial charge in [0.2, 0.25) is 0 Å². The van der Waals surface area contributed by atoms with Crippen molar-refractivity contribution in [2.24, 2.45) is 17.8 Å². The summed E-state index contributed by atoms with van der Waals surface area (Å²) in [6.07, 6.45) is -0.806. The van der Waals surface area contributed by atoms with E-state index < -0.39 is 12.1 Å². The molecule has 38 heavy (non-hydrogen) atoms. The lowest BCUT2D eigenvalue weighted by atomic mass is 9.81. The Morgan fingerprint density at radius 1 is 1.16 bits per heavy atom. The Balaban J connectivity index is 1.45. The predicted octanol–water partition coefficient (Wildman–Crippen LogP) is 6.78. The maximum absolute atomic E-state index is 13.3. The van der Waals surface area contributed by atoms with Gasteiger partial charge in [-0.15, -0.1) is 0 Å². The van der Waals surface area contributed by atoms with Gasteiger partial charge in [0.1, 0.15) is 0 Å². The maximum atomic E-state index is 13.3. The number of alkyl halides is 3. The van der Waals surface area contributed by atoms with Crippen molar-refractivity contribution in [3.05, 3.63) is 64.5 Å². The van der Waals surface area contributed by atoms with E-state index in [1.807, 2.05) is 44.2 Å². The van der Waals surface area contributed by atoms with E-state index in [4.69, 9.17) is 9.72 Å². The molecule has 0 unspecified atom stereocenters. The van der Waals surface area contributed by atoms with Crippen LogP contribution in [0.5, 0.6) is 0 Å². The van der Waals surface area contributed by atoms with Gasteiger partial charge in [-0.05, 0) is 68.6 Å². The number of benzene rings is 1. The largest absolute Gasteiger partial charge is 0.391 e. The standard InChI is InChI=1S/C30H40F3N3O2/c1-5-38-18-26(22-10-6-20(4)7-11-22)35-29(37)23-14-24-17-36(28(19(2)3)27(24)34-15-23)16-21-8-12-25(13-9-21)30(31,32)33/h6-7,10-11,14-15,19,21,25-26,28H,5,8-9,12-13,16-18H2,1-4H3,(H,35,37)/t21?,25?,26-,28-/m0/s1. The second-order valence-corrected chi connectivity index (χ2v) is 11.2. The molecule has 1 aliphatic heterocycles. The third-order valence-electron chi connectivity index (χ3n) is 8.02. The van der Waals surface area contributed by atoms with Gasteiger partial charge < -0.3 is 10.1 Å². The average molecular weight is 532 g/mol. The van der Waals surface area contributed by atoms with E-state index in [0.29, 0.717) is 44.1 Å². The summed E-state index contributed by atoms with van der Waals surface area (Å²) in [5.41, 5.74) is 4.64. The van der Waals surface area contributed by atoms with Crippen molar-refractivity contribution in [2.75, 3.05) is 19.8 Å². The molecule has 0 spiro atoms. The van der Waals surface area contributed by atoms with E-state index in [0.717, 1.165) is 28.9 Å². The van der Waals surface area contributed by atoms with Crippen LogP contribution in [0, 0.1) is 24.7 Å². The normalized spacial score (nSPS) is 22.9. The summed E-state index contributed by atoms with van der Waals surface area (Å²) in [5, 5.41) is 3.11. The Morgan fingerprint density at radius 3 is 2.45 bits per heavy atom. The number of halogens is 3. The summed E-state index contributed by atoms with van der Waals surface area (Å²) in [7, 11) is 0. The van der Waals surface area contributed by atoms with Crippen LogP contribution in [-0.4, -0.2) is 41.7 Å². The van der Waals surface area contributed by atoms with Crippen LogP contribution in [0.15, 0.2) is 36.5 Å². The Labute approximate surface area is 224 Å². The first kappa shape index (κ1) is 28.6. The van der Waals surface area contributed by atoms with Gasteiger partial charge in [0.05, 0.1) is 35.9 Å². The zero-order valence-corrected chi connectivity index (χ0v) is 22.9. The van der Waals surface area contributed by atoms with E-state index in [2.05, 4.69) is 24.1 Å². The fourth-order valence-corrected chi connectivity index (χ4v) is 5.94. The summed E-state index contributed by atoms with van der Waals surface area (Å²) >= 11 is 0. The van der Waals surface area contributed by atoms with Crippen molar-refractivity contribution in [3.63, 3.8) is 0 Å². The van der Waals surface area contributed by atoms with E-state index in [9.17, 15) is 18.0 Å². The number of nitrogens with zero attached hydrogens (tertiary/aromatic N) is 2. The molecule has 1 N–H and O–H groups in total. The Hall–Kier alpha value is -2.45. The molecule has 2 aromatic rings. The van der Waals surface area contributed by atoms with Gasteiger partial charge in [0.25, 0.3) is 5.91 Å². The summed E-state index contributed by atoms with van der Waals surface area (Å²) in [4.78, 5) is 20.4. The molecule has 0 radical (unpaired) electrons. The number of rotatable bonds is 9. The highest BCUT2D eigenvalue weighted by molar-refractivity contribution is 5.94. The predicted molar refractivity (Wildman–Crippen MR) is 142 cm³/mol. The summed E-state index contributed by atoms with van der Waals surface area (Å²) in [6.45, 7) is 10.6. The first-order valence-corrected chi connectivity index (χ1v) is 13.8.